The molecule has 0 atom stereocenters. The van der Waals surface area contributed by atoms with Crippen LogP contribution in [0.2, 0.25) is 0 Å². The molecule has 1 fully saturated rings. The Morgan fingerprint density at radius 2 is 1.55 bits per heavy atom. The molecule has 63 valence electrons. The molecule has 0 amide bonds. The Bertz CT molecular complexity index is 103. The van der Waals surface area contributed by atoms with Crippen LogP contribution >= 0.6 is 0 Å². The van der Waals surface area contributed by atoms with Crippen molar-refractivity contribution in [2.24, 2.45) is 0 Å². The van der Waals surface area contributed by atoms with Crippen molar-refractivity contribution in [1.29, 1.82) is 0 Å². The van der Waals surface area contributed by atoms with Crippen molar-refractivity contribution in [3.05, 3.63) is 5.32 Å². The monoisotopic (exact) mass is 368 g/mol. The van der Waals surface area contributed by atoms with Crippen LogP contribution in [0, 0.1) is 44.1 Å². The molecule has 0 aromatic rings. The van der Waals surface area contributed by atoms with Gasteiger partial charge < -0.3 is 10.2 Å². The largest absolute Gasteiger partial charge is 0.660 e. The summed E-state index contributed by atoms with van der Waals surface area (Å²) in [6.45, 7) is 11.1. The minimum absolute atomic E-state index is 0. The van der Waals surface area contributed by atoms with Crippen molar-refractivity contribution in [3.8, 4) is 0 Å². The second kappa shape index (κ2) is 5.17. The Labute approximate surface area is 106 Å². The summed E-state index contributed by atoms with van der Waals surface area (Å²) in [5.74, 6) is 0. The fourth-order valence-electron chi connectivity index (χ4n) is 1.28. The first-order valence-corrected chi connectivity index (χ1v) is 3.99. The van der Waals surface area contributed by atoms with Crippen molar-refractivity contribution in [2.75, 3.05) is 26.2 Å². The van der Waals surface area contributed by atoms with Crippen LogP contribution < -0.4 is 0 Å². The molecule has 1 radical (unpaired) electrons. The Hall–Kier alpha value is 1.36. The molecule has 0 unspecified atom stereocenters. The van der Waals surface area contributed by atoms with Crippen molar-refractivity contribution in [1.82, 2.24) is 4.90 Å². The standard InChI is InChI=1S/C8H17N2.Ac/c1-8(2,3)10-6-4-9-5-7-10;/h4-7H2,1-3H3;/q-1;. The maximum absolute atomic E-state index is 4.30. The van der Waals surface area contributed by atoms with Crippen molar-refractivity contribution >= 4 is 0 Å². The van der Waals surface area contributed by atoms with E-state index < -0.39 is 0 Å². The summed E-state index contributed by atoms with van der Waals surface area (Å²) in [6, 6.07) is 0. The first-order chi connectivity index (χ1) is 4.61. The molecule has 0 bridgehead atoms. The summed E-state index contributed by atoms with van der Waals surface area (Å²) in [7, 11) is 0. The van der Waals surface area contributed by atoms with Crippen LogP contribution in [0.4, 0.5) is 0 Å². The molecule has 1 aliphatic rings. The Kier molecular flexibility index (Phi) is 5.81. The molecular formula is C8H17AcN2-. The van der Waals surface area contributed by atoms with Gasteiger partial charge in [0.25, 0.3) is 0 Å². The molecule has 11 heavy (non-hydrogen) atoms. The van der Waals surface area contributed by atoms with Crippen LogP contribution in [0.15, 0.2) is 0 Å². The summed E-state index contributed by atoms with van der Waals surface area (Å²) in [5.41, 5.74) is 0.343. The van der Waals surface area contributed by atoms with Gasteiger partial charge in [-0.3, -0.25) is 0 Å². The zero-order valence-electron chi connectivity index (χ0n) is 7.80. The second-order valence-electron chi connectivity index (χ2n) is 3.83. The maximum atomic E-state index is 4.30. The molecular weight excluding hydrogens is 351 g/mol. The van der Waals surface area contributed by atoms with E-state index in [9.17, 15) is 0 Å². The number of rotatable bonds is 0. The van der Waals surface area contributed by atoms with E-state index in [2.05, 4.69) is 31.0 Å². The summed E-state index contributed by atoms with van der Waals surface area (Å²) in [5, 5.41) is 4.30. The zero-order valence-corrected chi connectivity index (χ0v) is 12.5. The molecule has 3 heteroatoms. The van der Waals surface area contributed by atoms with Gasteiger partial charge in [-0.05, 0) is 33.9 Å². The van der Waals surface area contributed by atoms with Crippen molar-refractivity contribution in [3.63, 3.8) is 0 Å². The van der Waals surface area contributed by atoms with E-state index in [1.807, 2.05) is 0 Å². The molecule has 2 nitrogen and oxygen atoms in total. The van der Waals surface area contributed by atoms with Crippen LogP contribution in [0.25, 0.3) is 5.32 Å². The quantitative estimate of drug-likeness (QED) is 0.633. The summed E-state index contributed by atoms with van der Waals surface area (Å²) >= 11 is 0. The molecule has 1 rings (SSSR count). The van der Waals surface area contributed by atoms with Crippen molar-refractivity contribution in [2.45, 2.75) is 26.3 Å². The van der Waals surface area contributed by atoms with Crippen molar-refractivity contribution < 1.29 is 44.1 Å². The summed E-state index contributed by atoms with van der Waals surface area (Å²) in [4.78, 5) is 2.49. The summed E-state index contributed by atoms with van der Waals surface area (Å²) < 4.78 is 0. The molecule has 0 N–H and O–H groups in total. The smallest absolute Gasteiger partial charge is 0.0123 e. The zero-order chi connectivity index (χ0) is 7.61. The molecule has 0 spiro atoms. The van der Waals surface area contributed by atoms with Gasteiger partial charge >= 0.3 is 0 Å². The van der Waals surface area contributed by atoms with Gasteiger partial charge in [0.15, 0.2) is 0 Å². The van der Waals surface area contributed by atoms with E-state index in [1.54, 1.807) is 0 Å². The van der Waals surface area contributed by atoms with Crippen LogP contribution in [0.1, 0.15) is 20.8 Å². The van der Waals surface area contributed by atoms with Crippen LogP contribution in [0.5, 0.6) is 0 Å². The van der Waals surface area contributed by atoms with Gasteiger partial charge in [0.2, 0.25) is 0 Å². The predicted molar refractivity (Wildman–Crippen MR) is 44.4 cm³/mol. The normalized spacial score (nSPS) is 21.0. The van der Waals surface area contributed by atoms with Gasteiger partial charge in [-0.15, -0.1) is 13.1 Å². The van der Waals surface area contributed by atoms with E-state index in [0.717, 1.165) is 26.2 Å². The first-order valence-electron chi connectivity index (χ1n) is 3.99. The number of nitrogens with zero attached hydrogens (tertiary/aromatic N) is 2. The van der Waals surface area contributed by atoms with E-state index in [0.29, 0.717) is 5.54 Å². The summed E-state index contributed by atoms with van der Waals surface area (Å²) in [6.07, 6.45) is 0. The molecule has 1 saturated heterocycles. The van der Waals surface area contributed by atoms with E-state index >= 15 is 0 Å². The Morgan fingerprint density at radius 1 is 1.09 bits per heavy atom. The fraction of sp³-hybridized carbons (Fsp3) is 1.00. The van der Waals surface area contributed by atoms with E-state index in [4.69, 9.17) is 0 Å². The number of hydrogen-bond acceptors (Lipinski definition) is 1. The average molecular weight is 368 g/mol. The van der Waals surface area contributed by atoms with Gasteiger partial charge in [-0.1, -0.05) is 0 Å². The van der Waals surface area contributed by atoms with Gasteiger partial charge in [0, 0.05) is 49.6 Å². The van der Waals surface area contributed by atoms with Crippen LogP contribution in [-0.4, -0.2) is 36.6 Å². The van der Waals surface area contributed by atoms with Gasteiger partial charge in [-0.2, -0.15) is 0 Å². The number of hydrogen-bond donors (Lipinski definition) is 0. The second-order valence-corrected chi connectivity index (χ2v) is 3.83. The molecule has 0 aromatic carbocycles. The van der Waals surface area contributed by atoms with Gasteiger partial charge in [-0.25, -0.2) is 0 Å². The van der Waals surface area contributed by atoms with Gasteiger partial charge in [0.05, 0.1) is 0 Å². The first kappa shape index (κ1) is 12.4. The molecule has 0 aliphatic carbocycles. The fourth-order valence-corrected chi connectivity index (χ4v) is 1.28. The minimum atomic E-state index is 0. The minimum Gasteiger partial charge on any atom is -0.660 e. The number of piperazine rings is 1. The van der Waals surface area contributed by atoms with Crippen LogP contribution in [-0.2, 0) is 0 Å². The van der Waals surface area contributed by atoms with E-state index in [-0.39, 0.29) is 44.1 Å². The van der Waals surface area contributed by atoms with E-state index in [1.165, 1.54) is 0 Å². The predicted octanol–water partition coefficient (Wildman–Crippen LogP) is 1.47. The molecule has 0 saturated carbocycles. The van der Waals surface area contributed by atoms with Crippen LogP contribution in [0.3, 0.4) is 0 Å². The molecule has 0 aromatic heterocycles. The topological polar surface area (TPSA) is 17.3 Å². The Morgan fingerprint density at radius 3 is 1.82 bits per heavy atom. The average Bonchev–Trinajstić information content (AvgIpc) is 1.88. The Balaban J connectivity index is 0.000001000. The third kappa shape index (κ3) is 4.22. The molecule has 1 aliphatic heterocycles. The SMILES string of the molecule is CC(C)(C)N1CC[N-]CC1.[Ac]. The maximum Gasteiger partial charge on any atom is 0.0123 e. The third-order valence-electron chi connectivity index (χ3n) is 2.00. The third-order valence-corrected chi connectivity index (χ3v) is 2.00. The molecule has 1 heterocycles. The van der Waals surface area contributed by atoms with Gasteiger partial charge in [0.1, 0.15) is 0 Å².